The van der Waals surface area contributed by atoms with Crippen LogP contribution in [0.4, 0.5) is 0 Å². The fourth-order valence-corrected chi connectivity index (χ4v) is 4.43. The monoisotopic (exact) mass is 304 g/mol. The molecule has 2 saturated carbocycles. The van der Waals surface area contributed by atoms with Gasteiger partial charge >= 0.3 is 0 Å². The van der Waals surface area contributed by atoms with E-state index in [1.165, 1.54) is 51.4 Å². The summed E-state index contributed by atoms with van der Waals surface area (Å²) in [5.74, 6) is 3.75. The van der Waals surface area contributed by atoms with Crippen molar-refractivity contribution in [3.8, 4) is 0 Å². The average Bonchev–Trinajstić information content (AvgIpc) is 2.56. The summed E-state index contributed by atoms with van der Waals surface area (Å²) in [5.41, 5.74) is 0. The number of hydrogen-bond acceptors (Lipinski definition) is 1. The fraction of sp³-hybridized carbons (Fsp3) is 0.810. The number of ether oxygens (including phenoxy) is 1. The van der Waals surface area contributed by atoms with Crippen LogP contribution in [0.15, 0.2) is 24.3 Å². The molecule has 0 aromatic rings. The Morgan fingerprint density at radius 1 is 0.818 bits per heavy atom. The van der Waals surface area contributed by atoms with Gasteiger partial charge in [0.1, 0.15) is 0 Å². The Kier molecular flexibility index (Phi) is 8.30. The van der Waals surface area contributed by atoms with Gasteiger partial charge in [-0.2, -0.15) is 0 Å². The first-order chi connectivity index (χ1) is 10.8. The maximum atomic E-state index is 5.53. The minimum Gasteiger partial charge on any atom is -0.377 e. The maximum absolute atomic E-state index is 5.53. The minimum atomic E-state index is 0.808. The Morgan fingerprint density at radius 2 is 1.36 bits per heavy atom. The van der Waals surface area contributed by atoms with Crippen molar-refractivity contribution in [3.63, 3.8) is 0 Å². The zero-order valence-electron chi connectivity index (χ0n) is 14.8. The minimum absolute atomic E-state index is 0.808. The van der Waals surface area contributed by atoms with Gasteiger partial charge in [0.05, 0.1) is 6.61 Å². The molecule has 0 radical (unpaired) electrons. The molecule has 2 aliphatic carbocycles. The Hall–Kier alpha value is -0.560. The van der Waals surface area contributed by atoms with Crippen molar-refractivity contribution >= 4 is 0 Å². The molecule has 0 N–H and O–H groups in total. The predicted octanol–water partition coefficient (Wildman–Crippen LogP) is 6.16. The van der Waals surface area contributed by atoms with Crippen molar-refractivity contribution in [3.05, 3.63) is 24.3 Å². The summed E-state index contributed by atoms with van der Waals surface area (Å²) < 4.78 is 5.53. The highest BCUT2D eigenvalue weighted by atomic mass is 16.5. The summed E-state index contributed by atoms with van der Waals surface area (Å²) >= 11 is 0. The Bertz CT molecular complexity index is 328. The van der Waals surface area contributed by atoms with Gasteiger partial charge in [0.2, 0.25) is 0 Å². The van der Waals surface area contributed by atoms with Crippen molar-refractivity contribution in [1.82, 2.24) is 0 Å². The SMILES string of the molecule is CC=CC1CCC(C2CCC(C=CCOCCC)CC2)CC1. The third-order valence-corrected chi connectivity index (χ3v) is 5.74. The van der Waals surface area contributed by atoms with Crippen molar-refractivity contribution in [2.75, 3.05) is 13.2 Å². The molecular formula is C21H36O. The van der Waals surface area contributed by atoms with Crippen LogP contribution in [0.25, 0.3) is 0 Å². The topological polar surface area (TPSA) is 9.23 Å². The van der Waals surface area contributed by atoms with Crippen molar-refractivity contribution in [1.29, 1.82) is 0 Å². The third kappa shape index (κ3) is 5.91. The molecule has 0 heterocycles. The van der Waals surface area contributed by atoms with Crippen LogP contribution >= 0.6 is 0 Å². The molecule has 0 spiro atoms. The van der Waals surface area contributed by atoms with Gasteiger partial charge in [0.25, 0.3) is 0 Å². The van der Waals surface area contributed by atoms with E-state index in [1.807, 2.05) is 0 Å². The van der Waals surface area contributed by atoms with Crippen molar-refractivity contribution in [2.24, 2.45) is 23.7 Å². The van der Waals surface area contributed by atoms with E-state index < -0.39 is 0 Å². The second-order valence-corrected chi connectivity index (χ2v) is 7.38. The largest absolute Gasteiger partial charge is 0.377 e. The van der Waals surface area contributed by atoms with Crippen LogP contribution in [0.1, 0.15) is 71.6 Å². The second-order valence-electron chi connectivity index (χ2n) is 7.38. The Morgan fingerprint density at radius 3 is 1.86 bits per heavy atom. The van der Waals surface area contributed by atoms with E-state index in [4.69, 9.17) is 4.74 Å². The van der Waals surface area contributed by atoms with E-state index in [2.05, 4.69) is 38.2 Å². The van der Waals surface area contributed by atoms with E-state index >= 15 is 0 Å². The smallest absolute Gasteiger partial charge is 0.0647 e. The van der Waals surface area contributed by atoms with Crippen LogP contribution in [-0.2, 0) is 4.74 Å². The van der Waals surface area contributed by atoms with Crippen LogP contribution in [0.3, 0.4) is 0 Å². The van der Waals surface area contributed by atoms with Crippen LogP contribution in [0, 0.1) is 23.7 Å². The Balaban J connectivity index is 1.63. The fourth-order valence-electron chi connectivity index (χ4n) is 4.43. The Labute approximate surface area is 138 Å². The molecule has 2 rings (SSSR count). The third-order valence-electron chi connectivity index (χ3n) is 5.74. The van der Waals surface area contributed by atoms with E-state index in [1.54, 1.807) is 0 Å². The first-order valence-corrected chi connectivity index (χ1v) is 9.70. The predicted molar refractivity (Wildman–Crippen MR) is 96.0 cm³/mol. The van der Waals surface area contributed by atoms with Crippen molar-refractivity contribution in [2.45, 2.75) is 71.6 Å². The summed E-state index contributed by atoms with van der Waals surface area (Å²) in [4.78, 5) is 0. The first-order valence-electron chi connectivity index (χ1n) is 9.70. The molecule has 2 fully saturated rings. The van der Waals surface area contributed by atoms with Crippen molar-refractivity contribution < 1.29 is 4.74 Å². The molecule has 0 amide bonds. The highest BCUT2D eigenvalue weighted by Crippen LogP contribution is 2.41. The number of allylic oxidation sites excluding steroid dienone is 3. The van der Waals surface area contributed by atoms with Crippen LogP contribution in [-0.4, -0.2) is 13.2 Å². The van der Waals surface area contributed by atoms with Gasteiger partial charge in [0.15, 0.2) is 0 Å². The second kappa shape index (κ2) is 10.3. The molecule has 0 bridgehead atoms. The average molecular weight is 305 g/mol. The molecule has 0 aromatic heterocycles. The van der Waals surface area contributed by atoms with E-state index in [9.17, 15) is 0 Å². The molecule has 0 unspecified atom stereocenters. The van der Waals surface area contributed by atoms with Gasteiger partial charge in [-0.15, -0.1) is 0 Å². The highest BCUT2D eigenvalue weighted by Gasteiger charge is 2.29. The van der Waals surface area contributed by atoms with Gasteiger partial charge in [-0.3, -0.25) is 0 Å². The lowest BCUT2D eigenvalue weighted by atomic mass is 9.69. The quantitative estimate of drug-likeness (QED) is 0.404. The molecular weight excluding hydrogens is 268 g/mol. The lowest BCUT2D eigenvalue weighted by Crippen LogP contribution is -2.25. The molecule has 0 saturated heterocycles. The first kappa shape index (κ1) is 17.8. The van der Waals surface area contributed by atoms with Gasteiger partial charge in [-0.25, -0.2) is 0 Å². The zero-order valence-corrected chi connectivity index (χ0v) is 14.8. The molecule has 1 heteroatoms. The maximum Gasteiger partial charge on any atom is 0.0647 e. The number of hydrogen-bond donors (Lipinski definition) is 0. The van der Waals surface area contributed by atoms with Gasteiger partial charge in [0, 0.05) is 6.61 Å². The molecule has 2 aliphatic rings. The zero-order chi connectivity index (χ0) is 15.6. The van der Waals surface area contributed by atoms with Gasteiger partial charge in [-0.1, -0.05) is 31.2 Å². The normalized spacial score (nSPS) is 33.7. The van der Waals surface area contributed by atoms with Gasteiger partial charge < -0.3 is 4.74 Å². The van der Waals surface area contributed by atoms with E-state index in [-0.39, 0.29) is 0 Å². The molecule has 0 aromatic carbocycles. The lowest BCUT2D eigenvalue weighted by molar-refractivity contribution is 0.159. The van der Waals surface area contributed by atoms with E-state index in [0.717, 1.165) is 43.3 Å². The molecule has 126 valence electrons. The molecule has 22 heavy (non-hydrogen) atoms. The molecule has 1 nitrogen and oxygen atoms in total. The number of rotatable bonds is 7. The summed E-state index contributed by atoms with van der Waals surface area (Å²) in [6.45, 7) is 6.03. The summed E-state index contributed by atoms with van der Waals surface area (Å²) in [6, 6.07) is 0. The summed E-state index contributed by atoms with van der Waals surface area (Å²) in [6.07, 6.45) is 22.0. The standard InChI is InChI=1S/C21H36O/c1-3-6-18-8-12-20(13-9-18)21-14-10-19(11-15-21)7-5-17-22-16-4-2/h3,5-7,18-21H,4,8-17H2,1-2H3. The van der Waals surface area contributed by atoms with Crippen LogP contribution in [0.5, 0.6) is 0 Å². The van der Waals surface area contributed by atoms with E-state index in [0.29, 0.717) is 0 Å². The lowest BCUT2D eigenvalue weighted by Gasteiger charge is -2.36. The molecule has 0 aliphatic heterocycles. The van der Waals surface area contributed by atoms with Crippen LogP contribution in [0.2, 0.25) is 0 Å². The summed E-state index contributed by atoms with van der Waals surface area (Å²) in [7, 11) is 0. The molecule has 0 atom stereocenters. The van der Waals surface area contributed by atoms with Gasteiger partial charge in [-0.05, 0) is 88.4 Å². The highest BCUT2D eigenvalue weighted by molar-refractivity contribution is 4.94. The van der Waals surface area contributed by atoms with Crippen LogP contribution < -0.4 is 0 Å². The summed E-state index contributed by atoms with van der Waals surface area (Å²) in [5, 5.41) is 0.